The topological polar surface area (TPSA) is 49.4 Å². The van der Waals surface area contributed by atoms with Crippen molar-refractivity contribution in [3.63, 3.8) is 0 Å². The normalized spacial score (nSPS) is 17.2. The molecule has 1 heterocycles. The van der Waals surface area contributed by atoms with Gasteiger partial charge < -0.3 is 5.32 Å². The predicted molar refractivity (Wildman–Crippen MR) is 88.4 cm³/mol. The van der Waals surface area contributed by atoms with Crippen LogP contribution < -0.4 is 5.32 Å². The zero-order valence-electron chi connectivity index (χ0n) is 13.0. The molecule has 0 saturated carbocycles. The predicted octanol–water partition coefficient (Wildman–Crippen LogP) is 2.57. The Bertz CT molecular complexity index is 567. The first-order valence-electron chi connectivity index (χ1n) is 7.42. The van der Waals surface area contributed by atoms with Crippen molar-refractivity contribution in [1.29, 1.82) is 0 Å². The first-order valence-corrected chi connectivity index (χ1v) is 8.86. The molecule has 0 spiro atoms. The fraction of sp³-hybridized carbons (Fsp3) is 0.600. The van der Waals surface area contributed by atoms with E-state index in [9.17, 15) is 12.8 Å². The van der Waals surface area contributed by atoms with Crippen LogP contribution in [0.4, 0.5) is 4.39 Å². The molecule has 0 aliphatic carbocycles. The van der Waals surface area contributed by atoms with Crippen molar-refractivity contribution in [1.82, 2.24) is 9.62 Å². The van der Waals surface area contributed by atoms with Gasteiger partial charge in [0.05, 0.1) is 0 Å². The first-order chi connectivity index (χ1) is 9.96. The van der Waals surface area contributed by atoms with Gasteiger partial charge in [-0.15, -0.1) is 12.4 Å². The van der Waals surface area contributed by atoms with Crippen LogP contribution in [-0.2, 0) is 10.0 Å². The van der Waals surface area contributed by atoms with Gasteiger partial charge in [-0.3, -0.25) is 0 Å². The van der Waals surface area contributed by atoms with E-state index in [4.69, 9.17) is 0 Å². The summed E-state index contributed by atoms with van der Waals surface area (Å²) in [7, 11) is -3.73. The summed E-state index contributed by atoms with van der Waals surface area (Å²) in [6, 6.07) is 4.37. The molecule has 1 fully saturated rings. The van der Waals surface area contributed by atoms with Gasteiger partial charge in [0.2, 0.25) is 10.0 Å². The molecule has 4 nitrogen and oxygen atoms in total. The van der Waals surface area contributed by atoms with Crippen LogP contribution >= 0.6 is 12.4 Å². The number of rotatable bonds is 5. The maximum absolute atomic E-state index is 13.9. The Morgan fingerprint density at radius 1 is 1.32 bits per heavy atom. The number of benzene rings is 1. The molecule has 1 saturated heterocycles. The molecule has 1 aliphatic heterocycles. The van der Waals surface area contributed by atoms with Crippen LogP contribution in [0.5, 0.6) is 0 Å². The maximum atomic E-state index is 13.9. The van der Waals surface area contributed by atoms with Crippen LogP contribution in [0.3, 0.4) is 0 Å². The summed E-state index contributed by atoms with van der Waals surface area (Å²) in [6.07, 6.45) is 1.64. The Morgan fingerprint density at radius 2 is 1.95 bits per heavy atom. The molecule has 0 atom stereocenters. The van der Waals surface area contributed by atoms with Crippen molar-refractivity contribution in [2.75, 3.05) is 26.2 Å². The second kappa shape index (κ2) is 8.24. The highest BCUT2D eigenvalue weighted by atomic mass is 35.5. The summed E-state index contributed by atoms with van der Waals surface area (Å²) in [6.45, 7) is 6.46. The van der Waals surface area contributed by atoms with Crippen LogP contribution in [0.25, 0.3) is 0 Å². The minimum atomic E-state index is -3.73. The minimum Gasteiger partial charge on any atom is -0.317 e. The highest BCUT2D eigenvalue weighted by Crippen LogP contribution is 2.27. The standard InChI is InChI=1S/C15H23FN2O2S.ClH/c1-3-17-11-13-7-9-18(10-8-13)21(19,20)15-12(2)5-4-6-14(15)16;/h4-6,13,17H,3,7-11H2,1-2H3;1H. The van der Waals surface area contributed by atoms with E-state index in [1.54, 1.807) is 13.0 Å². The summed E-state index contributed by atoms with van der Waals surface area (Å²) in [5.41, 5.74) is 0.463. The van der Waals surface area contributed by atoms with Crippen molar-refractivity contribution in [2.24, 2.45) is 5.92 Å². The molecule has 1 N–H and O–H groups in total. The van der Waals surface area contributed by atoms with E-state index in [2.05, 4.69) is 12.2 Å². The summed E-state index contributed by atoms with van der Waals surface area (Å²) < 4.78 is 40.6. The third-order valence-electron chi connectivity index (χ3n) is 4.02. The van der Waals surface area contributed by atoms with E-state index in [0.717, 1.165) is 25.9 Å². The lowest BCUT2D eigenvalue weighted by atomic mass is 9.98. The van der Waals surface area contributed by atoms with E-state index in [1.165, 1.54) is 16.4 Å². The number of nitrogens with zero attached hydrogens (tertiary/aromatic N) is 1. The van der Waals surface area contributed by atoms with Gasteiger partial charge in [-0.2, -0.15) is 4.31 Å². The molecule has 1 aromatic rings. The van der Waals surface area contributed by atoms with Crippen LogP contribution in [0.2, 0.25) is 0 Å². The Morgan fingerprint density at radius 3 is 2.50 bits per heavy atom. The molecule has 22 heavy (non-hydrogen) atoms. The number of halogens is 2. The maximum Gasteiger partial charge on any atom is 0.246 e. The Labute approximate surface area is 138 Å². The van der Waals surface area contributed by atoms with Gasteiger partial charge in [-0.05, 0) is 50.4 Å². The Kier molecular flexibility index (Phi) is 7.25. The number of piperidine rings is 1. The van der Waals surface area contributed by atoms with Crippen molar-refractivity contribution in [3.8, 4) is 0 Å². The average Bonchev–Trinajstić information content (AvgIpc) is 2.45. The molecule has 0 unspecified atom stereocenters. The summed E-state index contributed by atoms with van der Waals surface area (Å²) in [5, 5.41) is 3.29. The van der Waals surface area contributed by atoms with Gasteiger partial charge in [-0.1, -0.05) is 19.1 Å². The number of hydrogen-bond acceptors (Lipinski definition) is 3. The van der Waals surface area contributed by atoms with Crippen LogP contribution in [-0.4, -0.2) is 38.9 Å². The fourth-order valence-corrected chi connectivity index (χ4v) is 4.51. The molecular formula is C15H24ClFN2O2S. The SMILES string of the molecule is CCNCC1CCN(S(=O)(=O)c2c(C)cccc2F)CC1.Cl. The van der Waals surface area contributed by atoms with Gasteiger partial charge >= 0.3 is 0 Å². The van der Waals surface area contributed by atoms with Crippen molar-refractivity contribution < 1.29 is 12.8 Å². The lowest BCUT2D eigenvalue weighted by molar-refractivity contribution is 0.268. The quantitative estimate of drug-likeness (QED) is 0.888. The summed E-state index contributed by atoms with van der Waals surface area (Å²) >= 11 is 0. The van der Waals surface area contributed by atoms with E-state index in [-0.39, 0.29) is 17.3 Å². The van der Waals surface area contributed by atoms with Gasteiger partial charge in [-0.25, -0.2) is 12.8 Å². The van der Waals surface area contributed by atoms with Crippen molar-refractivity contribution in [2.45, 2.75) is 31.6 Å². The molecule has 0 aromatic heterocycles. The molecule has 1 aliphatic rings. The third kappa shape index (κ3) is 4.19. The lowest BCUT2D eigenvalue weighted by Gasteiger charge is -2.31. The smallest absolute Gasteiger partial charge is 0.246 e. The van der Waals surface area contributed by atoms with Gasteiger partial charge in [0.25, 0.3) is 0 Å². The zero-order chi connectivity index (χ0) is 15.5. The summed E-state index contributed by atoms with van der Waals surface area (Å²) in [5.74, 6) is -0.164. The number of nitrogens with one attached hydrogen (secondary N) is 1. The van der Waals surface area contributed by atoms with Crippen LogP contribution in [0.15, 0.2) is 23.1 Å². The number of aryl methyl sites for hydroxylation is 1. The fourth-order valence-electron chi connectivity index (χ4n) is 2.77. The number of hydrogen-bond donors (Lipinski definition) is 1. The van der Waals surface area contributed by atoms with Crippen LogP contribution in [0.1, 0.15) is 25.3 Å². The molecule has 0 bridgehead atoms. The molecule has 0 radical (unpaired) electrons. The van der Waals surface area contributed by atoms with E-state index in [0.29, 0.717) is 24.6 Å². The highest BCUT2D eigenvalue weighted by Gasteiger charge is 2.32. The largest absolute Gasteiger partial charge is 0.317 e. The van der Waals surface area contributed by atoms with Gasteiger partial charge in [0.15, 0.2) is 0 Å². The first kappa shape index (κ1) is 19.4. The second-order valence-corrected chi connectivity index (χ2v) is 7.42. The van der Waals surface area contributed by atoms with E-state index < -0.39 is 15.8 Å². The number of sulfonamides is 1. The minimum absolute atomic E-state index is 0. The zero-order valence-corrected chi connectivity index (χ0v) is 14.6. The molecular weight excluding hydrogens is 327 g/mol. The van der Waals surface area contributed by atoms with Gasteiger partial charge in [0.1, 0.15) is 10.7 Å². The van der Waals surface area contributed by atoms with Crippen LogP contribution in [0, 0.1) is 18.7 Å². The molecule has 126 valence electrons. The Balaban J connectivity index is 0.00000242. The lowest BCUT2D eigenvalue weighted by Crippen LogP contribution is -2.41. The monoisotopic (exact) mass is 350 g/mol. The second-order valence-electron chi connectivity index (χ2n) is 5.54. The van der Waals surface area contributed by atoms with Gasteiger partial charge in [0, 0.05) is 13.1 Å². The highest BCUT2D eigenvalue weighted by molar-refractivity contribution is 7.89. The third-order valence-corrected chi connectivity index (χ3v) is 6.10. The Hall–Kier alpha value is -0.690. The van der Waals surface area contributed by atoms with E-state index in [1.807, 2.05) is 0 Å². The van der Waals surface area contributed by atoms with E-state index >= 15 is 0 Å². The van der Waals surface area contributed by atoms with Crippen molar-refractivity contribution in [3.05, 3.63) is 29.6 Å². The molecule has 0 amide bonds. The van der Waals surface area contributed by atoms with Crippen molar-refractivity contribution >= 4 is 22.4 Å². The average molecular weight is 351 g/mol. The molecule has 2 rings (SSSR count). The summed E-state index contributed by atoms with van der Waals surface area (Å²) in [4.78, 5) is -0.171. The molecule has 7 heteroatoms. The molecule has 1 aromatic carbocycles.